The molecule has 1 amide bonds. The Bertz CT molecular complexity index is 372. The summed E-state index contributed by atoms with van der Waals surface area (Å²) in [6.45, 7) is 2.33. The van der Waals surface area contributed by atoms with Gasteiger partial charge in [0.15, 0.2) is 0 Å². The lowest BCUT2D eigenvalue weighted by atomic mass is 10.1. The van der Waals surface area contributed by atoms with Crippen LogP contribution in [0.2, 0.25) is 0 Å². The van der Waals surface area contributed by atoms with E-state index in [1.54, 1.807) is 0 Å². The summed E-state index contributed by atoms with van der Waals surface area (Å²) in [5.41, 5.74) is 7.63. The lowest BCUT2D eigenvalue weighted by Gasteiger charge is -2.14. The zero-order valence-corrected chi connectivity index (χ0v) is 11.6. The van der Waals surface area contributed by atoms with E-state index < -0.39 is 6.04 Å². The molecule has 18 heavy (non-hydrogen) atoms. The average molecular weight is 273 g/mol. The Balaban J connectivity index is 0.00000289. The van der Waals surface area contributed by atoms with Crippen molar-refractivity contribution >= 4 is 24.0 Å². The number of carbonyl (C=O) groups excluding carboxylic acids is 1. The highest BCUT2D eigenvalue weighted by molar-refractivity contribution is 5.95. The largest absolute Gasteiger partial charge is 0.383 e. The number of rotatable bonds is 6. The summed E-state index contributed by atoms with van der Waals surface area (Å²) >= 11 is 0. The Morgan fingerprint density at radius 1 is 1.44 bits per heavy atom. The lowest BCUT2D eigenvalue weighted by molar-refractivity contribution is -0.118. The predicted octanol–water partition coefficient (Wildman–Crippen LogP) is 1.97. The van der Waals surface area contributed by atoms with Crippen LogP contribution in [0.3, 0.4) is 0 Å². The minimum Gasteiger partial charge on any atom is -0.383 e. The highest BCUT2D eigenvalue weighted by atomic mass is 35.5. The Hall–Kier alpha value is -1.10. The van der Waals surface area contributed by atoms with E-state index in [1.165, 1.54) is 7.11 Å². The average Bonchev–Trinajstić information content (AvgIpc) is 2.32. The number of methoxy groups -OCH3 is 1. The maximum absolute atomic E-state index is 11.7. The summed E-state index contributed by atoms with van der Waals surface area (Å²) < 4.78 is 4.85. The van der Waals surface area contributed by atoms with Crippen LogP contribution in [0.5, 0.6) is 0 Å². The number of nitrogens with one attached hydrogen (secondary N) is 1. The number of ether oxygens (including phenoxy) is 1. The smallest absolute Gasteiger partial charge is 0.243 e. The topological polar surface area (TPSA) is 64.4 Å². The second-order valence-corrected chi connectivity index (χ2v) is 3.96. The van der Waals surface area contributed by atoms with Crippen LogP contribution in [-0.2, 0) is 16.0 Å². The minimum atomic E-state index is -0.630. The second kappa shape index (κ2) is 8.91. The number of aryl methyl sites for hydroxylation is 1. The van der Waals surface area contributed by atoms with Crippen molar-refractivity contribution in [3.63, 3.8) is 0 Å². The molecule has 0 fully saturated rings. The van der Waals surface area contributed by atoms with Crippen molar-refractivity contribution in [2.45, 2.75) is 25.8 Å². The van der Waals surface area contributed by atoms with Gasteiger partial charge in [-0.15, -0.1) is 12.4 Å². The molecule has 0 bridgehead atoms. The van der Waals surface area contributed by atoms with Gasteiger partial charge in [0.1, 0.15) is 6.04 Å². The highest BCUT2D eigenvalue weighted by Gasteiger charge is 2.14. The first kappa shape index (κ1) is 16.9. The molecular weight excluding hydrogens is 252 g/mol. The number of anilines is 1. The molecule has 4 nitrogen and oxygen atoms in total. The summed E-state index contributed by atoms with van der Waals surface area (Å²) in [6.07, 6.45) is 1.98. The number of hydrogen-bond donors (Lipinski definition) is 2. The van der Waals surface area contributed by atoms with Crippen molar-refractivity contribution in [2.75, 3.05) is 19.0 Å². The molecule has 0 aliphatic rings. The third-order valence-corrected chi connectivity index (χ3v) is 2.48. The first-order valence-electron chi connectivity index (χ1n) is 5.82. The Morgan fingerprint density at radius 3 is 2.72 bits per heavy atom. The number of para-hydroxylation sites is 1. The van der Waals surface area contributed by atoms with Gasteiger partial charge >= 0.3 is 0 Å². The molecule has 0 aliphatic heterocycles. The molecule has 0 radical (unpaired) electrons. The van der Waals surface area contributed by atoms with Gasteiger partial charge in [-0.2, -0.15) is 0 Å². The molecule has 1 aromatic carbocycles. The minimum absolute atomic E-state index is 0. The zero-order chi connectivity index (χ0) is 12.7. The van der Waals surface area contributed by atoms with Crippen molar-refractivity contribution in [3.8, 4) is 0 Å². The van der Waals surface area contributed by atoms with Crippen molar-refractivity contribution in [2.24, 2.45) is 5.73 Å². The van der Waals surface area contributed by atoms with Gasteiger partial charge in [0.25, 0.3) is 0 Å². The fourth-order valence-electron chi connectivity index (χ4n) is 1.61. The Morgan fingerprint density at radius 2 is 2.11 bits per heavy atom. The standard InChI is InChI=1S/C13H20N2O2.ClH/c1-3-6-10-7-4-5-8-12(10)15-13(16)11(14)9-17-2;/h4-5,7-8,11H,3,6,9,14H2,1-2H3,(H,15,16);1H. The Labute approximate surface area is 114 Å². The van der Waals surface area contributed by atoms with E-state index >= 15 is 0 Å². The van der Waals surface area contributed by atoms with E-state index in [4.69, 9.17) is 10.5 Å². The lowest BCUT2D eigenvalue weighted by Crippen LogP contribution is -2.39. The van der Waals surface area contributed by atoms with E-state index in [0.717, 1.165) is 24.1 Å². The van der Waals surface area contributed by atoms with Crippen molar-refractivity contribution in [3.05, 3.63) is 29.8 Å². The van der Waals surface area contributed by atoms with Crippen LogP contribution in [-0.4, -0.2) is 25.7 Å². The molecule has 1 unspecified atom stereocenters. The first-order valence-corrected chi connectivity index (χ1v) is 5.82. The number of carbonyl (C=O) groups is 1. The third kappa shape index (κ3) is 5.04. The number of hydrogen-bond acceptors (Lipinski definition) is 3. The van der Waals surface area contributed by atoms with Crippen molar-refractivity contribution in [1.82, 2.24) is 0 Å². The van der Waals surface area contributed by atoms with Gasteiger partial charge in [-0.05, 0) is 18.1 Å². The summed E-state index contributed by atoms with van der Waals surface area (Å²) in [5, 5.41) is 2.84. The molecule has 1 atom stereocenters. The van der Waals surface area contributed by atoms with Crippen LogP contribution in [0, 0.1) is 0 Å². The molecule has 1 aromatic rings. The van der Waals surface area contributed by atoms with E-state index in [1.807, 2.05) is 24.3 Å². The number of halogens is 1. The van der Waals surface area contributed by atoms with Crippen LogP contribution >= 0.6 is 12.4 Å². The van der Waals surface area contributed by atoms with Gasteiger partial charge in [-0.1, -0.05) is 31.5 Å². The Kier molecular flexibility index (Phi) is 8.37. The molecule has 0 spiro atoms. The monoisotopic (exact) mass is 272 g/mol. The van der Waals surface area contributed by atoms with Gasteiger partial charge in [-0.25, -0.2) is 0 Å². The number of benzene rings is 1. The molecule has 1 rings (SSSR count). The third-order valence-electron chi connectivity index (χ3n) is 2.48. The van der Waals surface area contributed by atoms with E-state index in [0.29, 0.717) is 0 Å². The molecule has 102 valence electrons. The molecule has 0 saturated carbocycles. The molecule has 0 aliphatic carbocycles. The van der Waals surface area contributed by atoms with E-state index in [9.17, 15) is 4.79 Å². The van der Waals surface area contributed by atoms with Crippen LogP contribution in [0.1, 0.15) is 18.9 Å². The van der Waals surface area contributed by atoms with Gasteiger partial charge in [0.2, 0.25) is 5.91 Å². The summed E-state index contributed by atoms with van der Waals surface area (Å²) in [6, 6.07) is 7.14. The van der Waals surface area contributed by atoms with Crippen LogP contribution in [0.15, 0.2) is 24.3 Å². The summed E-state index contributed by atoms with van der Waals surface area (Å²) in [4.78, 5) is 11.7. The van der Waals surface area contributed by atoms with Crippen molar-refractivity contribution < 1.29 is 9.53 Å². The molecule has 0 heterocycles. The summed E-state index contributed by atoms with van der Waals surface area (Å²) in [5.74, 6) is -0.213. The molecule has 5 heteroatoms. The SMILES string of the molecule is CCCc1ccccc1NC(=O)C(N)COC.Cl. The molecule has 0 aromatic heterocycles. The van der Waals surface area contributed by atoms with Crippen molar-refractivity contribution in [1.29, 1.82) is 0 Å². The first-order chi connectivity index (χ1) is 8.19. The normalized spacial score (nSPS) is 11.5. The summed E-state index contributed by atoms with van der Waals surface area (Å²) in [7, 11) is 1.53. The highest BCUT2D eigenvalue weighted by Crippen LogP contribution is 2.16. The van der Waals surface area contributed by atoms with Gasteiger partial charge in [0.05, 0.1) is 6.61 Å². The maximum Gasteiger partial charge on any atom is 0.243 e. The van der Waals surface area contributed by atoms with Crippen LogP contribution < -0.4 is 11.1 Å². The maximum atomic E-state index is 11.7. The molecule has 3 N–H and O–H groups in total. The second-order valence-electron chi connectivity index (χ2n) is 3.96. The predicted molar refractivity (Wildman–Crippen MR) is 76.2 cm³/mol. The van der Waals surface area contributed by atoms with E-state index in [-0.39, 0.29) is 24.9 Å². The fourth-order valence-corrected chi connectivity index (χ4v) is 1.61. The van der Waals surface area contributed by atoms with Gasteiger partial charge in [0, 0.05) is 12.8 Å². The van der Waals surface area contributed by atoms with Gasteiger partial charge in [-0.3, -0.25) is 4.79 Å². The van der Waals surface area contributed by atoms with Crippen LogP contribution in [0.25, 0.3) is 0 Å². The zero-order valence-electron chi connectivity index (χ0n) is 10.8. The quantitative estimate of drug-likeness (QED) is 0.832. The molecule has 0 saturated heterocycles. The number of nitrogens with two attached hydrogens (primary N) is 1. The van der Waals surface area contributed by atoms with Gasteiger partial charge < -0.3 is 15.8 Å². The fraction of sp³-hybridized carbons (Fsp3) is 0.462. The number of amides is 1. The van der Waals surface area contributed by atoms with Crippen LogP contribution in [0.4, 0.5) is 5.69 Å². The van der Waals surface area contributed by atoms with E-state index in [2.05, 4.69) is 12.2 Å². The molecular formula is C13H21ClN2O2.